The first-order valence-electron chi connectivity index (χ1n) is 8.17. The van der Waals surface area contributed by atoms with E-state index in [-0.39, 0.29) is 24.9 Å². The zero-order valence-electron chi connectivity index (χ0n) is 14.1. The number of rotatable bonds is 6. The average molecular weight is 365 g/mol. The molecule has 0 radical (unpaired) electrons. The van der Waals surface area contributed by atoms with Crippen molar-refractivity contribution in [3.05, 3.63) is 35.9 Å². The Bertz CT molecular complexity index is 611. The van der Waals surface area contributed by atoms with E-state index in [0.717, 1.165) is 11.3 Å². The van der Waals surface area contributed by atoms with E-state index < -0.39 is 18.1 Å². The summed E-state index contributed by atoms with van der Waals surface area (Å²) in [6.45, 7) is 2.49. The Hall–Kier alpha value is -2.22. The minimum absolute atomic E-state index is 0.0352. The molecule has 0 aromatic heterocycles. The fraction of sp³-hybridized carbons (Fsp3) is 0.471. The van der Waals surface area contributed by atoms with Gasteiger partial charge in [-0.1, -0.05) is 30.3 Å². The SMILES string of the molecule is CCOC(=O)[C@H]1CSCCN1C(=O)C[C@@H](NC(N)=O)c1ccccc1. The van der Waals surface area contributed by atoms with Gasteiger partial charge in [-0.2, -0.15) is 11.8 Å². The second-order valence-corrected chi connectivity index (χ2v) is 6.76. The summed E-state index contributed by atoms with van der Waals surface area (Å²) in [5.41, 5.74) is 6.03. The maximum absolute atomic E-state index is 12.8. The molecule has 0 aliphatic carbocycles. The van der Waals surface area contributed by atoms with Crippen LogP contribution in [0.5, 0.6) is 0 Å². The summed E-state index contributed by atoms with van der Waals surface area (Å²) >= 11 is 1.62. The van der Waals surface area contributed by atoms with Gasteiger partial charge < -0.3 is 20.7 Å². The number of benzene rings is 1. The molecule has 0 saturated carbocycles. The predicted molar refractivity (Wildman–Crippen MR) is 96.0 cm³/mol. The molecular weight excluding hydrogens is 342 g/mol. The van der Waals surface area contributed by atoms with Crippen LogP contribution in [0.3, 0.4) is 0 Å². The highest BCUT2D eigenvalue weighted by Crippen LogP contribution is 2.23. The van der Waals surface area contributed by atoms with Gasteiger partial charge in [0.05, 0.1) is 19.1 Å². The number of ether oxygens (including phenoxy) is 1. The van der Waals surface area contributed by atoms with Gasteiger partial charge in [0.15, 0.2) is 0 Å². The van der Waals surface area contributed by atoms with Crippen molar-refractivity contribution < 1.29 is 19.1 Å². The van der Waals surface area contributed by atoms with Crippen molar-refractivity contribution in [3.8, 4) is 0 Å². The first-order chi connectivity index (χ1) is 12.0. The number of hydrogen-bond acceptors (Lipinski definition) is 5. The zero-order chi connectivity index (χ0) is 18.2. The fourth-order valence-electron chi connectivity index (χ4n) is 2.74. The molecule has 0 bridgehead atoms. The third-order valence-corrected chi connectivity index (χ3v) is 4.93. The van der Waals surface area contributed by atoms with Crippen LogP contribution in [0.1, 0.15) is 24.9 Å². The van der Waals surface area contributed by atoms with Crippen LogP contribution < -0.4 is 11.1 Å². The number of nitrogens with zero attached hydrogens (tertiary/aromatic N) is 1. The lowest BCUT2D eigenvalue weighted by Crippen LogP contribution is -2.51. The second-order valence-electron chi connectivity index (χ2n) is 5.61. The third kappa shape index (κ3) is 5.38. The van der Waals surface area contributed by atoms with Gasteiger partial charge in [0.2, 0.25) is 5.91 Å². The number of thioether (sulfide) groups is 1. The zero-order valence-corrected chi connectivity index (χ0v) is 15.0. The van der Waals surface area contributed by atoms with Crippen molar-refractivity contribution in [1.82, 2.24) is 10.2 Å². The van der Waals surface area contributed by atoms with E-state index in [1.165, 1.54) is 0 Å². The Morgan fingerprint density at radius 3 is 2.72 bits per heavy atom. The highest BCUT2D eigenvalue weighted by molar-refractivity contribution is 7.99. The lowest BCUT2D eigenvalue weighted by atomic mass is 10.0. The van der Waals surface area contributed by atoms with Gasteiger partial charge in [0.25, 0.3) is 0 Å². The minimum Gasteiger partial charge on any atom is -0.464 e. The van der Waals surface area contributed by atoms with Gasteiger partial charge in [0.1, 0.15) is 6.04 Å². The summed E-state index contributed by atoms with van der Waals surface area (Å²) in [4.78, 5) is 37.8. The predicted octanol–water partition coefficient (Wildman–Crippen LogP) is 1.29. The molecular formula is C17H23N3O4S. The molecule has 0 unspecified atom stereocenters. The van der Waals surface area contributed by atoms with Gasteiger partial charge in [-0.25, -0.2) is 9.59 Å². The number of nitrogens with one attached hydrogen (secondary N) is 1. The van der Waals surface area contributed by atoms with Crippen LogP contribution in [-0.4, -0.2) is 53.5 Å². The third-order valence-electron chi connectivity index (χ3n) is 3.90. The molecule has 8 heteroatoms. The molecule has 0 spiro atoms. The van der Waals surface area contributed by atoms with Gasteiger partial charge in [-0.3, -0.25) is 4.79 Å². The van der Waals surface area contributed by atoms with Gasteiger partial charge in [-0.15, -0.1) is 0 Å². The molecule has 1 aromatic carbocycles. The molecule has 25 heavy (non-hydrogen) atoms. The van der Waals surface area contributed by atoms with Crippen LogP contribution in [0.2, 0.25) is 0 Å². The molecule has 2 rings (SSSR count). The number of carbonyl (C=O) groups excluding carboxylic acids is 3. The van der Waals surface area contributed by atoms with E-state index in [9.17, 15) is 14.4 Å². The van der Waals surface area contributed by atoms with Crippen LogP contribution in [0.25, 0.3) is 0 Å². The average Bonchev–Trinajstić information content (AvgIpc) is 2.61. The summed E-state index contributed by atoms with van der Waals surface area (Å²) in [7, 11) is 0. The van der Waals surface area contributed by atoms with Crippen LogP contribution in [0.15, 0.2) is 30.3 Å². The summed E-state index contributed by atoms with van der Waals surface area (Å²) in [5.74, 6) is 0.688. The summed E-state index contributed by atoms with van der Waals surface area (Å²) in [6, 6.07) is 7.33. The van der Waals surface area contributed by atoms with Crippen LogP contribution >= 0.6 is 11.8 Å². The summed E-state index contributed by atoms with van der Waals surface area (Å²) < 4.78 is 5.08. The molecule has 1 fully saturated rings. The largest absolute Gasteiger partial charge is 0.464 e. The minimum atomic E-state index is -0.696. The van der Waals surface area contributed by atoms with Crippen molar-refractivity contribution in [1.29, 1.82) is 0 Å². The summed E-state index contributed by atoms with van der Waals surface area (Å²) in [5, 5.41) is 2.61. The fourth-order valence-corrected chi connectivity index (χ4v) is 3.77. The Balaban J connectivity index is 2.12. The van der Waals surface area contributed by atoms with E-state index in [2.05, 4.69) is 5.32 Å². The molecule has 1 aliphatic rings. The van der Waals surface area contributed by atoms with Crippen molar-refractivity contribution in [2.75, 3.05) is 24.7 Å². The molecule has 1 heterocycles. The topological polar surface area (TPSA) is 102 Å². The van der Waals surface area contributed by atoms with Crippen molar-refractivity contribution in [3.63, 3.8) is 0 Å². The lowest BCUT2D eigenvalue weighted by molar-refractivity contribution is -0.154. The molecule has 3 amide bonds. The normalized spacial score (nSPS) is 18.3. The Morgan fingerprint density at radius 1 is 1.36 bits per heavy atom. The number of carbonyl (C=O) groups is 3. The van der Waals surface area contributed by atoms with Crippen LogP contribution in [-0.2, 0) is 14.3 Å². The number of urea groups is 1. The van der Waals surface area contributed by atoms with Gasteiger partial charge >= 0.3 is 12.0 Å². The summed E-state index contributed by atoms with van der Waals surface area (Å²) in [6.07, 6.45) is 0.0352. The van der Waals surface area contributed by atoms with Crippen molar-refractivity contribution >= 4 is 29.7 Å². The molecule has 3 N–H and O–H groups in total. The van der Waals surface area contributed by atoms with E-state index >= 15 is 0 Å². The number of nitrogens with two attached hydrogens (primary N) is 1. The van der Waals surface area contributed by atoms with Crippen LogP contribution in [0.4, 0.5) is 4.79 Å². The first-order valence-corrected chi connectivity index (χ1v) is 9.33. The number of amides is 3. The molecule has 2 atom stereocenters. The standard InChI is InChI=1S/C17H23N3O4S/c1-2-24-16(22)14-11-25-9-8-20(14)15(21)10-13(19-17(18)23)12-6-4-3-5-7-12/h3-7,13-14H,2,8-11H2,1H3,(H3,18,19,23)/t13-,14-/m1/s1. The molecule has 1 aromatic rings. The maximum atomic E-state index is 12.8. The smallest absolute Gasteiger partial charge is 0.329 e. The highest BCUT2D eigenvalue weighted by atomic mass is 32.2. The Labute approximate surface area is 151 Å². The molecule has 1 aliphatic heterocycles. The number of hydrogen-bond donors (Lipinski definition) is 2. The van der Waals surface area contributed by atoms with Crippen molar-refractivity contribution in [2.45, 2.75) is 25.4 Å². The highest BCUT2D eigenvalue weighted by Gasteiger charge is 2.34. The van der Waals surface area contributed by atoms with Gasteiger partial charge in [0, 0.05) is 18.1 Å². The van der Waals surface area contributed by atoms with Crippen LogP contribution in [0, 0.1) is 0 Å². The first kappa shape index (κ1) is 19.1. The molecule has 136 valence electrons. The van der Waals surface area contributed by atoms with E-state index in [0.29, 0.717) is 12.3 Å². The van der Waals surface area contributed by atoms with E-state index in [1.54, 1.807) is 23.6 Å². The lowest BCUT2D eigenvalue weighted by Gasteiger charge is -2.34. The van der Waals surface area contributed by atoms with E-state index in [1.807, 2.05) is 30.3 Å². The van der Waals surface area contributed by atoms with Crippen molar-refractivity contribution in [2.24, 2.45) is 5.73 Å². The number of esters is 1. The quantitative estimate of drug-likeness (QED) is 0.740. The molecule has 1 saturated heterocycles. The molecule has 7 nitrogen and oxygen atoms in total. The Morgan fingerprint density at radius 2 is 2.08 bits per heavy atom. The maximum Gasteiger partial charge on any atom is 0.329 e. The monoisotopic (exact) mass is 365 g/mol. The Kier molecular flexibility index (Phi) is 7.12. The van der Waals surface area contributed by atoms with Gasteiger partial charge in [-0.05, 0) is 12.5 Å². The second kappa shape index (κ2) is 9.31. The van der Waals surface area contributed by atoms with E-state index in [4.69, 9.17) is 10.5 Å². The number of primary amides is 1.